The van der Waals surface area contributed by atoms with Crippen LogP contribution in [-0.4, -0.2) is 14.5 Å². The summed E-state index contributed by atoms with van der Waals surface area (Å²) in [5.74, 6) is 1.92. The number of hydrogen-bond donors (Lipinski definition) is 1. The average molecular weight is 255 g/mol. The van der Waals surface area contributed by atoms with Crippen molar-refractivity contribution < 1.29 is 12.8 Å². The van der Waals surface area contributed by atoms with Crippen molar-refractivity contribution in [1.29, 1.82) is 0 Å². The third-order valence-corrected chi connectivity index (χ3v) is 3.96. The molecule has 5 heteroatoms. The summed E-state index contributed by atoms with van der Waals surface area (Å²) >= 11 is 0. The highest BCUT2D eigenvalue weighted by Gasteiger charge is 2.19. The Kier molecular flexibility index (Phi) is 4.27. The van der Waals surface area contributed by atoms with E-state index >= 15 is 0 Å². The van der Waals surface area contributed by atoms with Crippen LogP contribution in [0.1, 0.15) is 18.9 Å². The molecule has 0 heterocycles. The summed E-state index contributed by atoms with van der Waals surface area (Å²) in [6.07, 6.45) is 5.41. The minimum absolute atomic E-state index is 0.0720. The van der Waals surface area contributed by atoms with Crippen molar-refractivity contribution in [2.75, 3.05) is 0 Å². The second-order valence-electron chi connectivity index (χ2n) is 3.84. The number of terminal acetylenes is 1. The molecule has 0 spiro atoms. The fraction of sp³-hybridized carbons (Fsp3) is 0.333. The fourth-order valence-electron chi connectivity index (χ4n) is 1.46. The molecule has 17 heavy (non-hydrogen) atoms. The normalized spacial score (nSPS) is 13.1. The molecule has 1 N–H and O–H groups in total. The Morgan fingerprint density at radius 2 is 2.18 bits per heavy atom. The van der Waals surface area contributed by atoms with Crippen LogP contribution in [0.15, 0.2) is 23.1 Å². The minimum atomic E-state index is -3.64. The molecule has 0 aliphatic carbocycles. The van der Waals surface area contributed by atoms with E-state index in [0.717, 1.165) is 6.07 Å². The highest BCUT2D eigenvalue weighted by atomic mass is 32.2. The molecule has 1 aromatic carbocycles. The van der Waals surface area contributed by atoms with E-state index in [0.29, 0.717) is 12.0 Å². The Bertz CT molecular complexity index is 546. The van der Waals surface area contributed by atoms with Gasteiger partial charge in [-0.05, 0) is 37.6 Å². The van der Waals surface area contributed by atoms with E-state index < -0.39 is 15.8 Å². The number of rotatable bonds is 4. The summed E-state index contributed by atoms with van der Waals surface area (Å²) in [5.41, 5.74) is 0.366. The quantitative estimate of drug-likeness (QED) is 0.834. The van der Waals surface area contributed by atoms with Crippen LogP contribution in [0.2, 0.25) is 0 Å². The first kappa shape index (κ1) is 13.7. The lowest BCUT2D eigenvalue weighted by Gasteiger charge is -2.13. The zero-order valence-corrected chi connectivity index (χ0v) is 10.5. The zero-order chi connectivity index (χ0) is 13.1. The molecule has 0 aliphatic heterocycles. The molecular formula is C12H14FNO2S. The van der Waals surface area contributed by atoms with E-state index in [1.165, 1.54) is 12.1 Å². The van der Waals surface area contributed by atoms with Crippen molar-refractivity contribution in [3.05, 3.63) is 29.6 Å². The van der Waals surface area contributed by atoms with Crippen LogP contribution in [0.5, 0.6) is 0 Å². The molecule has 1 unspecified atom stereocenters. The first-order valence-electron chi connectivity index (χ1n) is 5.09. The van der Waals surface area contributed by atoms with Gasteiger partial charge in [0.1, 0.15) is 5.82 Å². The number of halogens is 1. The first-order valence-corrected chi connectivity index (χ1v) is 6.57. The standard InChI is InChI=1S/C12H14FNO2S/c1-4-5-10(3)14-17(15,16)12-7-6-11(13)8-9(12)2/h1,6-8,10,14H,5H2,2-3H3. The van der Waals surface area contributed by atoms with Crippen LogP contribution < -0.4 is 4.72 Å². The van der Waals surface area contributed by atoms with Crippen LogP contribution in [-0.2, 0) is 10.0 Å². The molecule has 0 radical (unpaired) electrons. The van der Waals surface area contributed by atoms with E-state index in [2.05, 4.69) is 10.6 Å². The summed E-state index contributed by atoms with van der Waals surface area (Å²) in [5, 5.41) is 0. The maximum Gasteiger partial charge on any atom is 0.241 e. The van der Waals surface area contributed by atoms with Gasteiger partial charge in [0.2, 0.25) is 10.0 Å². The average Bonchev–Trinajstić information content (AvgIpc) is 2.15. The van der Waals surface area contributed by atoms with Crippen LogP contribution in [0.4, 0.5) is 4.39 Å². The van der Waals surface area contributed by atoms with Gasteiger partial charge < -0.3 is 0 Å². The monoisotopic (exact) mass is 255 g/mol. The fourth-order valence-corrected chi connectivity index (χ4v) is 2.93. The smallest absolute Gasteiger partial charge is 0.207 e. The van der Waals surface area contributed by atoms with Crippen molar-refractivity contribution in [2.24, 2.45) is 0 Å². The molecular weight excluding hydrogens is 241 g/mol. The van der Waals surface area contributed by atoms with Gasteiger partial charge in [-0.1, -0.05) is 0 Å². The third-order valence-electron chi connectivity index (χ3n) is 2.21. The largest absolute Gasteiger partial charge is 0.241 e. The first-order chi connectivity index (χ1) is 7.86. The van der Waals surface area contributed by atoms with Gasteiger partial charge >= 0.3 is 0 Å². The number of hydrogen-bond acceptors (Lipinski definition) is 2. The summed E-state index contributed by atoms with van der Waals surface area (Å²) in [7, 11) is -3.64. The molecule has 92 valence electrons. The van der Waals surface area contributed by atoms with Gasteiger partial charge in [-0.15, -0.1) is 12.3 Å². The summed E-state index contributed by atoms with van der Waals surface area (Å²) in [6, 6.07) is 3.19. The highest BCUT2D eigenvalue weighted by Crippen LogP contribution is 2.16. The molecule has 0 saturated carbocycles. The molecule has 0 saturated heterocycles. The molecule has 1 aromatic rings. The van der Waals surface area contributed by atoms with Crippen LogP contribution in [0.3, 0.4) is 0 Å². The van der Waals surface area contributed by atoms with E-state index in [9.17, 15) is 12.8 Å². The van der Waals surface area contributed by atoms with Gasteiger partial charge in [0.05, 0.1) is 4.90 Å². The van der Waals surface area contributed by atoms with Crippen LogP contribution >= 0.6 is 0 Å². The second kappa shape index (κ2) is 5.30. The number of sulfonamides is 1. The Balaban J connectivity index is 3.02. The van der Waals surface area contributed by atoms with Crippen molar-refractivity contribution in [3.8, 4) is 12.3 Å². The number of nitrogens with one attached hydrogen (secondary N) is 1. The predicted molar refractivity (Wildman–Crippen MR) is 64.4 cm³/mol. The maximum atomic E-state index is 12.9. The topological polar surface area (TPSA) is 46.2 Å². The van der Waals surface area contributed by atoms with Gasteiger partial charge in [-0.25, -0.2) is 17.5 Å². The molecule has 0 aromatic heterocycles. The van der Waals surface area contributed by atoms with Gasteiger partial charge in [-0.2, -0.15) is 0 Å². The molecule has 0 bridgehead atoms. The van der Waals surface area contributed by atoms with Crippen molar-refractivity contribution in [2.45, 2.75) is 31.2 Å². The van der Waals surface area contributed by atoms with Crippen LogP contribution in [0, 0.1) is 25.1 Å². The van der Waals surface area contributed by atoms with Crippen molar-refractivity contribution in [1.82, 2.24) is 4.72 Å². The Hall–Kier alpha value is -1.38. The second-order valence-corrected chi connectivity index (χ2v) is 5.52. The van der Waals surface area contributed by atoms with E-state index in [4.69, 9.17) is 6.42 Å². The molecule has 1 rings (SSSR count). The van der Waals surface area contributed by atoms with Gasteiger partial charge in [0.15, 0.2) is 0 Å². The lowest BCUT2D eigenvalue weighted by molar-refractivity contribution is 0.562. The molecule has 0 amide bonds. The zero-order valence-electron chi connectivity index (χ0n) is 9.70. The molecule has 3 nitrogen and oxygen atoms in total. The van der Waals surface area contributed by atoms with E-state index in [-0.39, 0.29) is 10.9 Å². The highest BCUT2D eigenvalue weighted by molar-refractivity contribution is 7.89. The molecule has 1 atom stereocenters. The minimum Gasteiger partial charge on any atom is -0.207 e. The van der Waals surface area contributed by atoms with Gasteiger partial charge in [-0.3, -0.25) is 0 Å². The molecule has 0 aliphatic rings. The number of benzene rings is 1. The van der Waals surface area contributed by atoms with Gasteiger partial charge in [0, 0.05) is 12.5 Å². The summed E-state index contributed by atoms with van der Waals surface area (Å²) in [4.78, 5) is 0.0720. The summed E-state index contributed by atoms with van der Waals surface area (Å²) < 4.78 is 39.2. The Morgan fingerprint density at radius 3 is 2.71 bits per heavy atom. The molecule has 0 fully saturated rings. The SMILES string of the molecule is C#CCC(C)NS(=O)(=O)c1ccc(F)cc1C. The van der Waals surface area contributed by atoms with Crippen molar-refractivity contribution in [3.63, 3.8) is 0 Å². The predicted octanol–water partition coefficient (Wildman–Crippen LogP) is 1.82. The number of aryl methyl sites for hydroxylation is 1. The van der Waals surface area contributed by atoms with E-state index in [1.54, 1.807) is 13.8 Å². The Labute approximate surface area is 101 Å². The Morgan fingerprint density at radius 1 is 1.53 bits per heavy atom. The maximum absolute atomic E-state index is 12.9. The van der Waals surface area contributed by atoms with Crippen molar-refractivity contribution >= 4 is 10.0 Å². The van der Waals surface area contributed by atoms with E-state index in [1.807, 2.05) is 0 Å². The third kappa shape index (κ3) is 3.55. The lowest BCUT2D eigenvalue weighted by Crippen LogP contribution is -2.32. The van der Waals surface area contributed by atoms with Gasteiger partial charge in [0.25, 0.3) is 0 Å². The van der Waals surface area contributed by atoms with Crippen LogP contribution in [0.25, 0.3) is 0 Å². The lowest BCUT2D eigenvalue weighted by atomic mass is 10.2. The summed E-state index contributed by atoms with van der Waals surface area (Å²) in [6.45, 7) is 3.22.